The Labute approximate surface area is 140 Å². The minimum Gasteiger partial charge on any atom is -0.336 e. The summed E-state index contributed by atoms with van der Waals surface area (Å²) in [6, 6.07) is 14.2. The molecule has 0 heterocycles. The van der Waals surface area contributed by atoms with E-state index in [1.54, 1.807) is 24.3 Å². The van der Waals surface area contributed by atoms with Crippen LogP contribution in [0.5, 0.6) is 0 Å². The van der Waals surface area contributed by atoms with E-state index in [9.17, 15) is 21.6 Å². The van der Waals surface area contributed by atoms with Crippen LogP contribution in [-0.2, 0) is 19.9 Å². The summed E-state index contributed by atoms with van der Waals surface area (Å²) in [5.74, 6) is -0.337. The van der Waals surface area contributed by atoms with Crippen molar-refractivity contribution in [3.63, 3.8) is 0 Å². The minimum atomic E-state index is -3.99. The van der Waals surface area contributed by atoms with Crippen molar-refractivity contribution < 1.29 is 21.6 Å². The number of sulfonamides is 1. The highest BCUT2D eigenvalue weighted by atomic mass is 32.2. The van der Waals surface area contributed by atoms with E-state index in [0.29, 0.717) is 0 Å². The van der Waals surface area contributed by atoms with Crippen molar-refractivity contribution in [1.82, 2.24) is 10.0 Å². The lowest BCUT2D eigenvalue weighted by atomic mass is 10.4. The van der Waals surface area contributed by atoms with Gasteiger partial charge in [0.15, 0.2) is 9.84 Å². The third kappa shape index (κ3) is 4.80. The van der Waals surface area contributed by atoms with E-state index in [1.165, 1.54) is 36.4 Å². The van der Waals surface area contributed by atoms with E-state index in [4.69, 9.17) is 0 Å². The SMILES string of the molecule is O=C(NCCS(=O)(=O)c1ccccc1)NS(=O)(=O)c1ccccc1. The third-order valence-electron chi connectivity index (χ3n) is 3.04. The van der Waals surface area contributed by atoms with Gasteiger partial charge in [-0.25, -0.2) is 26.4 Å². The number of benzene rings is 2. The number of nitrogens with one attached hydrogen (secondary N) is 2. The van der Waals surface area contributed by atoms with Crippen LogP contribution in [0.3, 0.4) is 0 Å². The first-order chi connectivity index (χ1) is 11.3. The van der Waals surface area contributed by atoms with Gasteiger partial charge < -0.3 is 5.32 Å². The van der Waals surface area contributed by atoms with Crippen LogP contribution in [0.25, 0.3) is 0 Å². The molecule has 0 saturated heterocycles. The molecule has 0 aliphatic rings. The Morgan fingerprint density at radius 3 is 1.83 bits per heavy atom. The van der Waals surface area contributed by atoms with Crippen molar-refractivity contribution in [3.05, 3.63) is 60.7 Å². The number of carbonyl (C=O) groups excluding carboxylic acids is 1. The van der Waals surface area contributed by atoms with Crippen LogP contribution < -0.4 is 10.0 Å². The molecule has 0 saturated carbocycles. The van der Waals surface area contributed by atoms with E-state index in [2.05, 4.69) is 5.32 Å². The summed E-state index contributed by atoms with van der Waals surface area (Å²) >= 11 is 0. The summed E-state index contributed by atoms with van der Waals surface area (Å²) in [4.78, 5) is 11.7. The van der Waals surface area contributed by atoms with E-state index in [1.807, 2.05) is 4.72 Å². The summed E-state index contributed by atoms with van der Waals surface area (Å²) in [6.07, 6.45) is 0. The van der Waals surface area contributed by atoms with E-state index in [0.717, 1.165) is 0 Å². The maximum Gasteiger partial charge on any atom is 0.328 e. The highest BCUT2D eigenvalue weighted by Crippen LogP contribution is 2.09. The van der Waals surface area contributed by atoms with Crippen molar-refractivity contribution in [2.75, 3.05) is 12.3 Å². The lowest BCUT2D eigenvalue weighted by Crippen LogP contribution is -2.41. The Hall–Kier alpha value is -2.39. The van der Waals surface area contributed by atoms with Gasteiger partial charge in [0.2, 0.25) is 0 Å². The van der Waals surface area contributed by atoms with Gasteiger partial charge >= 0.3 is 6.03 Å². The zero-order valence-corrected chi connectivity index (χ0v) is 14.2. The van der Waals surface area contributed by atoms with E-state index >= 15 is 0 Å². The Morgan fingerprint density at radius 1 is 0.792 bits per heavy atom. The molecule has 0 atom stereocenters. The average Bonchev–Trinajstić information content (AvgIpc) is 2.56. The summed E-state index contributed by atoms with van der Waals surface area (Å²) in [5.41, 5.74) is 0. The number of urea groups is 1. The molecule has 7 nitrogen and oxygen atoms in total. The average molecular weight is 368 g/mol. The largest absolute Gasteiger partial charge is 0.336 e. The van der Waals surface area contributed by atoms with Gasteiger partial charge in [-0.3, -0.25) is 0 Å². The molecular formula is C15H16N2O5S2. The zero-order valence-electron chi connectivity index (χ0n) is 12.5. The normalized spacial score (nSPS) is 11.7. The number of sulfone groups is 1. The second-order valence-electron chi connectivity index (χ2n) is 4.81. The standard InChI is InChI=1S/C15H16N2O5S2/c18-15(17-24(21,22)14-9-5-2-6-10-14)16-11-12-23(19,20)13-7-3-1-4-8-13/h1-10H,11-12H2,(H2,16,17,18). The second kappa shape index (κ2) is 7.45. The molecular weight excluding hydrogens is 352 g/mol. The molecule has 0 aromatic heterocycles. The molecule has 9 heteroatoms. The van der Waals surface area contributed by atoms with Crippen LogP contribution >= 0.6 is 0 Å². The number of hydrogen-bond donors (Lipinski definition) is 2. The quantitative estimate of drug-likeness (QED) is 0.795. The van der Waals surface area contributed by atoms with Gasteiger partial charge in [-0.2, -0.15) is 0 Å². The Bertz CT molecular complexity index is 895. The fourth-order valence-corrected chi connectivity index (χ4v) is 3.99. The van der Waals surface area contributed by atoms with Gasteiger partial charge in [0.05, 0.1) is 15.5 Å². The lowest BCUT2D eigenvalue weighted by Gasteiger charge is -2.09. The Morgan fingerprint density at radius 2 is 1.29 bits per heavy atom. The molecule has 2 aromatic rings. The van der Waals surface area contributed by atoms with E-state index < -0.39 is 25.9 Å². The number of carbonyl (C=O) groups is 1. The maximum absolute atomic E-state index is 12.0. The number of amides is 2. The van der Waals surface area contributed by atoms with Gasteiger partial charge in [-0.05, 0) is 24.3 Å². The van der Waals surface area contributed by atoms with Crippen molar-refractivity contribution in [2.45, 2.75) is 9.79 Å². The number of rotatable bonds is 6. The summed E-state index contributed by atoms with van der Waals surface area (Å²) in [7, 11) is -7.53. The molecule has 24 heavy (non-hydrogen) atoms. The smallest absolute Gasteiger partial charge is 0.328 e. The van der Waals surface area contributed by atoms with Gasteiger partial charge in [-0.15, -0.1) is 0 Å². The van der Waals surface area contributed by atoms with Gasteiger partial charge in [-0.1, -0.05) is 36.4 Å². The molecule has 2 rings (SSSR count). The number of hydrogen-bond acceptors (Lipinski definition) is 5. The molecule has 2 amide bonds. The van der Waals surface area contributed by atoms with E-state index in [-0.39, 0.29) is 22.1 Å². The summed E-state index contributed by atoms with van der Waals surface area (Å²) in [5, 5.41) is 2.23. The topological polar surface area (TPSA) is 109 Å². The Kier molecular flexibility index (Phi) is 5.58. The van der Waals surface area contributed by atoms with Gasteiger partial charge in [0.1, 0.15) is 0 Å². The van der Waals surface area contributed by atoms with Crippen LogP contribution in [0.4, 0.5) is 4.79 Å². The van der Waals surface area contributed by atoms with Gasteiger partial charge in [0, 0.05) is 6.54 Å². The van der Waals surface area contributed by atoms with Crippen LogP contribution in [0.15, 0.2) is 70.5 Å². The molecule has 0 spiro atoms. The molecule has 0 aliphatic heterocycles. The fraction of sp³-hybridized carbons (Fsp3) is 0.133. The minimum absolute atomic E-state index is 0.0583. The summed E-state index contributed by atoms with van der Waals surface area (Å²) < 4.78 is 49.8. The molecule has 0 fully saturated rings. The molecule has 0 bridgehead atoms. The van der Waals surface area contributed by atoms with Crippen LogP contribution in [0.2, 0.25) is 0 Å². The Balaban J connectivity index is 1.90. The van der Waals surface area contributed by atoms with Crippen LogP contribution in [0.1, 0.15) is 0 Å². The summed E-state index contributed by atoms with van der Waals surface area (Å²) in [6.45, 7) is -0.215. The van der Waals surface area contributed by atoms with Crippen molar-refractivity contribution >= 4 is 25.9 Å². The molecule has 2 N–H and O–H groups in total. The highest BCUT2D eigenvalue weighted by molar-refractivity contribution is 7.91. The predicted octanol–water partition coefficient (Wildman–Crippen LogP) is 1.15. The van der Waals surface area contributed by atoms with Crippen LogP contribution in [0, 0.1) is 0 Å². The fourth-order valence-electron chi connectivity index (χ4n) is 1.86. The molecule has 2 aromatic carbocycles. The molecule has 0 unspecified atom stereocenters. The molecule has 128 valence electrons. The van der Waals surface area contributed by atoms with Gasteiger partial charge in [0.25, 0.3) is 10.0 Å². The van der Waals surface area contributed by atoms with Crippen molar-refractivity contribution in [1.29, 1.82) is 0 Å². The predicted molar refractivity (Wildman–Crippen MR) is 88.7 cm³/mol. The molecule has 0 radical (unpaired) electrons. The highest BCUT2D eigenvalue weighted by Gasteiger charge is 2.18. The van der Waals surface area contributed by atoms with Crippen molar-refractivity contribution in [2.24, 2.45) is 0 Å². The molecule has 0 aliphatic carbocycles. The van der Waals surface area contributed by atoms with Crippen LogP contribution in [-0.4, -0.2) is 35.2 Å². The third-order valence-corrected chi connectivity index (χ3v) is 6.12. The maximum atomic E-state index is 12.0. The zero-order chi connectivity index (χ0) is 17.6. The van der Waals surface area contributed by atoms with Crippen molar-refractivity contribution in [3.8, 4) is 0 Å². The first-order valence-corrected chi connectivity index (χ1v) is 10.1. The second-order valence-corrected chi connectivity index (χ2v) is 8.60. The first kappa shape index (κ1) is 18.0. The first-order valence-electron chi connectivity index (χ1n) is 6.95. The lowest BCUT2D eigenvalue weighted by molar-refractivity contribution is 0.246. The monoisotopic (exact) mass is 368 g/mol.